The molecule has 3 nitrogen and oxygen atoms in total. The lowest BCUT2D eigenvalue weighted by Gasteiger charge is -2.08. The van der Waals surface area contributed by atoms with Gasteiger partial charge in [-0.2, -0.15) is 0 Å². The SMILES string of the molecule is CCCn1cncc1CNCCc1cccc(F)c1. The highest BCUT2D eigenvalue weighted by molar-refractivity contribution is 5.16. The van der Waals surface area contributed by atoms with Crippen molar-refractivity contribution in [1.29, 1.82) is 0 Å². The number of aryl methyl sites for hydroxylation is 1. The standard InChI is InChI=1S/C15H20FN3/c1-2-8-19-12-18-11-15(19)10-17-7-6-13-4-3-5-14(16)9-13/h3-5,9,11-12,17H,2,6-8,10H2,1H3. The zero-order valence-corrected chi connectivity index (χ0v) is 11.3. The Morgan fingerprint density at radius 3 is 3.05 bits per heavy atom. The van der Waals surface area contributed by atoms with Crippen molar-refractivity contribution in [1.82, 2.24) is 14.9 Å². The van der Waals surface area contributed by atoms with Crippen molar-refractivity contribution in [2.45, 2.75) is 32.9 Å². The van der Waals surface area contributed by atoms with Crippen molar-refractivity contribution < 1.29 is 4.39 Å². The average molecular weight is 261 g/mol. The first kappa shape index (κ1) is 13.7. The second-order valence-electron chi connectivity index (χ2n) is 4.64. The molecule has 0 atom stereocenters. The highest BCUT2D eigenvalue weighted by Crippen LogP contribution is 2.04. The molecule has 0 amide bonds. The van der Waals surface area contributed by atoms with E-state index in [0.717, 1.165) is 38.0 Å². The van der Waals surface area contributed by atoms with Crippen molar-refractivity contribution in [3.63, 3.8) is 0 Å². The molecule has 0 spiro atoms. The molecule has 0 aliphatic heterocycles. The molecule has 0 saturated heterocycles. The highest BCUT2D eigenvalue weighted by atomic mass is 19.1. The van der Waals surface area contributed by atoms with Crippen LogP contribution in [0, 0.1) is 5.82 Å². The van der Waals surface area contributed by atoms with Gasteiger partial charge in [0.05, 0.1) is 12.0 Å². The van der Waals surface area contributed by atoms with Gasteiger partial charge < -0.3 is 9.88 Å². The second kappa shape index (κ2) is 7.04. The first-order chi connectivity index (χ1) is 9.29. The van der Waals surface area contributed by atoms with E-state index < -0.39 is 0 Å². The van der Waals surface area contributed by atoms with E-state index in [1.807, 2.05) is 18.6 Å². The molecule has 1 aromatic heterocycles. The number of aromatic nitrogens is 2. The van der Waals surface area contributed by atoms with Gasteiger partial charge in [-0.25, -0.2) is 9.37 Å². The second-order valence-corrected chi connectivity index (χ2v) is 4.64. The zero-order valence-electron chi connectivity index (χ0n) is 11.3. The molecule has 0 fully saturated rings. The summed E-state index contributed by atoms with van der Waals surface area (Å²) in [5.74, 6) is -0.168. The maximum atomic E-state index is 13.0. The summed E-state index contributed by atoms with van der Waals surface area (Å²) in [4.78, 5) is 4.16. The van der Waals surface area contributed by atoms with Crippen LogP contribution in [0.3, 0.4) is 0 Å². The van der Waals surface area contributed by atoms with Gasteiger partial charge in [-0.3, -0.25) is 0 Å². The monoisotopic (exact) mass is 261 g/mol. The molecular formula is C15H20FN3. The molecule has 102 valence electrons. The summed E-state index contributed by atoms with van der Waals surface area (Å²) in [5.41, 5.74) is 2.22. The fraction of sp³-hybridized carbons (Fsp3) is 0.400. The van der Waals surface area contributed by atoms with E-state index in [1.54, 1.807) is 12.1 Å². The van der Waals surface area contributed by atoms with Crippen molar-refractivity contribution >= 4 is 0 Å². The Kier molecular flexibility index (Phi) is 5.10. The lowest BCUT2D eigenvalue weighted by molar-refractivity contribution is 0.599. The molecule has 4 heteroatoms. The normalized spacial score (nSPS) is 10.8. The first-order valence-corrected chi connectivity index (χ1v) is 6.73. The molecule has 1 heterocycles. The molecule has 0 bridgehead atoms. The van der Waals surface area contributed by atoms with Crippen LogP contribution in [0.4, 0.5) is 4.39 Å². The van der Waals surface area contributed by atoms with Gasteiger partial charge in [0.15, 0.2) is 0 Å². The minimum absolute atomic E-state index is 0.168. The molecule has 0 saturated carbocycles. The van der Waals surface area contributed by atoms with Gasteiger partial charge in [0.25, 0.3) is 0 Å². The van der Waals surface area contributed by atoms with E-state index in [9.17, 15) is 4.39 Å². The molecule has 19 heavy (non-hydrogen) atoms. The van der Waals surface area contributed by atoms with E-state index in [2.05, 4.69) is 21.8 Å². The number of hydrogen-bond donors (Lipinski definition) is 1. The van der Waals surface area contributed by atoms with Gasteiger partial charge in [0.2, 0.25) is 0 Å². The minimum Gasteiger partial charge on any atom is -0.333 e. The maximum Gasteiger partial charge on any atom is 0.123 e. The van der Waals surface area contributed by atoms with Crippen LogP contribution in [0.1, 0.15) is 24.6 Å². The van der Waals surface area contributed by atoms with E-state index in [4.69, 9.17) is 0 Å². The summed E-state index contributed by atoms with van der Waals surface area (Å²) >= 11 is 0. The Bertz CT molecular complexity index is 508. The molecule has 0 aliphatic rings. The Balaban J connectivity index is 1.76. The predicted molar refractivity (Wildman–Crippen MR) is 74.3 cm³/mol. The number of nitrogens with zero attached hydrogens (tertiary/aromatic N) is 2. The lowest BCUT2D eigenvalue weighted by atomic mass is 10.1. The molecular weight excluding hydrogens is 241 g/mol. The minimum atomic E-state index is -0.168. The average Bonchev–Trinajstić information content (AvgIpc) is 2.83. The summed E-state index contributed by atoms with van der Waals surface area (Å²) in [6.07, 6.45) is 5.70. The summed E-state index contributed by atoms with van der Waals surface area (Å²) in [5, 5.41) is 3.37. The molecule has 1 aromatic carbocycles. The highest BCUT2D eigenvalue weighted by Gasteiger charge is 2.01. The first-order valence-electron chi connectivity index (χ1n) is 6.73. The quantitative estimate of drug-likeness (QED) is 0.777. The Morgan fingerprint density at radius 2 is 2.26 bits per heavy atom. The Hall–Kier alpha value is -1.68. The molecule has 2 aromatic rings. The number of imidazole rings is 1. The topological polar surface area (TPSA) is 29.9 Å². The number of hydrogen-bond acceptors (Lipinski definition) is 2. The largest absolute Gasteiger partial charge is 0.333 e. The van der Waals surface area contributed by atoms with Crippen LogP contribution in [0.15, 0.2) is 36.8 Å². The van der Waals surface area contributed by atoms with Crippen LogP contribution in [-0.2, 0) is 19.5 Å². The van der Waals surface area contributed by atoms with Gasteiger partial charge in [-0.1, -0.05) is 19.1 Å². The lowest BCUT2D eigenvalue weighted by Crippen LogP contribution is -2.19. The molecule has 0 radical (unpaired) electrons. The third kappa shape index (κ3) is 4.17. The van der Waals surface area contributed by atoms with Crippen LogP contribution < -0.4 is 5.32 Å². The number of rotatable bonds is 7. The number of nitrogens with one attached hydrogen (secondary N) is 1. The van der Waals surface area contributed by atoms with Crippen molar-refractivity contribution in [2.75, 3.05) is 6.54 Å². The van der Waals surface area contributed by atoms with E-state index in [0.29, 0.717) is 0 Å². The third-order valence-electron chi connectivity index (χ3n) is 3.05. The van der Waals surface area contributed by atoms with Gasteiger partial charge in [0, 0.05) is 19.3 Å². The fourth-order valence-corrected chi connectivity index (χ4v) is 2.08. The smallest absolute Gasteiger partial charge is 0.123 e. The Labute approximate surface area is 113 Å². The molecule has 1 N–H and O–H groups in total. The van der Waals surface area contributed by atoms with Crippen LogP contribution in [0.25, 0.3) is 0 Å². The van der Waals surface area contributed by atoms with Gasteiger partial charge in [-0.05, 0) is 37.1 Å². The fourth-order valence-electron chi connectivity index (χ4n) is 2.08. The summed E-state index contributed by atoms with van der Waals surface area (Å²) in [6, 6.07) is 6.76. The van der Waals surface area contributed by atoms with Gasteiger partial charge in [-0.15, -0.1) is 0 Å². The molecule has 0 unspecified atom stereocenters. The Morgan fingerprint density at radius 1 is 1.37 bits per heavy atom. The van der Waals surface area contributed by atoms with Crippen molar-refractivity contribution in [3.05, 3.63) is 53.9 Å². The number of benzene rings is 1. The van der Waals surface area contributed by atoms with E-state index in [-0.39, 0.29) is 5.82 Å². The van der Waals surface area contributed by atoms with E-state index in [1.165, 1.54) is 11.8 Å². The summed E-state index contributed by atoms with van der Waals surface area (Å²) < 4.78 is 15.2. The van der Waals surface area contributed by atoms with Gasteiger partial charge in [0.1, 0.15) is 5.82 Å². The molecule has 0 aliphatic carbocycles. The van der Waals surface area contributed by atoms with E-state index >= 15 is 0 Å². The maximum absolute atomic E-state index is 13.0. The summed E-state index contributed by atoms with van der Waals surface area (Å²) in [7, 11) is 0. The van der Waals surface area contributed by atoms with Crippen molar-refractivity contribution in [2.24, 2.45) is 0 Å². The van der Waals surface area contributed by atoms with Crippen LogP contribution >= 0.6 is 0 Å². The van der Waals surface area contributed by atoms with Crippen LogP contribution in [0.2, 0.25) is 0 Å². The predicted octanol–water partition coefficient (Wildman–Crippen LogP) is 2.76. The third-order valence-corrected chi connectivity index (χ3v) is 3.05. The summed E-state index contributed by atoms with van der Waals surface area (Å²) in [6.45, 7) is 4.79. The molecule has 2 rings (SSSR count). The van der Waals surface area contributed by atoms with Crippen LogP contribution in [-0.4, -0.2) is 16.1 Å². The van der Waals surface area contributed by atoms with Gasteiger partial charge >= 0.3 is 0 Å². The number of halogens is 1. The zero-order chi connectivity index (χ0) is 13.5. The van der Waals surface area contributed by atoms with Crippen LogP contribution in [0.5, 0.6) is 0 Å². The van der Waals surface area contributed by atoms with Crippen molar-refractivity contribution in [3.8, 4) is 0 Å².